The lowest BCUT2D eigenvalue weighted by atomic mass is 10.1. The molecule has 1 rings (SSSR count). The van der Waals surface area contributed by atoms with Crippen molar-refractivity contribution in [3.63, 3.8) is 0 Å². The van der Waals surface area contributed by atoms with Crippen LogP contribution in [0.25, 0.3) is 0 Å². The maximum Gasteiger partial charge on any atom is 0.133 e. The van der Waals surface area contributed by atoms with Gasteiger partial charge >= 0.3 is 0 Å². The largest absolute Gasteiger partial charge is 0.383 e. The molecule has 0 radical (unpaired) electrons. The predicted octanol–water partition coefficient (Wildman–Crippen LogP) is 3.59. The molecule has 0 amide bonds. The van der Waals surface area contributed by atoms with Crippen molar-refractivity contribution in [2.45, 2.75) is 20.3 Å². The number of rotatable bonds is 4. The zero-order chi connectivity index (χ0) is 14.8. The van der Waals surface area contributed by atoms with E-state index in [1.54, 1.807) is 12.3 Å². The molecule has 0 saturated carbocycles. The van der Waals surface area contributed by atoms with E-state index in [9.17, 15) is 0 Å². The van der Waals surface area contributed by atoms with Gasteiger partial charge in [0.2, 0.25) is 0 Å². The van der Waals surface area contributed by atoms with E-state index in [2.05, 4.69) is 28.8 Å². The monoisotopic (exact) mass is 269 g/mol. The Hall–Kier alpha value is -2.29. The summed E-state index contributed by atoms with van der Waals surface area (Å²) >= 11 is 0. The van der Waals surface area contributed by atoms with Crippen LogP contribution in [0.2, 0.25) is 0 Å². The third-order valence-electron chi connectivity index (χ3n) is 2.80. The zero-order valence-electron chi connectivity index (χ0n) is 12.3. The zero-order valence-corrected chi connectivity index (χ0v) is 12.3. The molecule has 1 heterocycles. The second-order valence-electron chi connectivity index (χ2n) is 4.19. The van der Waals surface area contributed by atoms with Crippen LogP contribution in [-0.2, 0) is 0 Å². The van der Waals surface area contributed by atoms with Crippen molar-refractivity contribution in [1.82, 2.24) is 10.6 Å². The van der Waals surface area contributed by atoms with Gasteiger partial charge in [-0.25, -0.2) is 4.99 Å². The average Bonchev–Trinajstić information content (AvgIpc) is 2.44. The Kier molecular flexibility index (Phi) is 6.90. The smallest absolute Gasteiger partial charge is 0.133 e. The molecule has 2 N–H and O–H groups in total. The van der Waals surface area contributed by atoms with Gasteiger partial charge in [-0.2, -0.15) is 0 Å². The van der Waals surface area contributed by atoms with E-state index in [-0.39, 0.29) is 0 Å². The molecule has 0 atom stereocenters. The van der Waals surface area contributed by atoms with Gasteiger partial charge < -0.3 is 10.6 Å². The molecule has 1 aliphatic heterocycles. The average molecular weight is 269 g/mol. The summed E-state index contributed by atoms with van der Waals surface area (Å²) in [7, 11) is 0. The van der Waals surface area contributed by atoms with Crippen LogP contribution in [0.3, 0.4) is 0 Å². The van der Waals surface area contributed by atoms with Gasteiger partial charge in [-0.15, -0.1) is 0 Å². The van der Waals surface area contributed by atoms with Crippen LogP contribution in [0.4, 0.5) is 0 Å². The summed E-state index contributed by atoms with van der Waals surface area (Å²) in [6, 6.07) is 0. The molecule has 0 saturated heterocycles. The van der Waals surface area contributed by atoms with Gasteiger partial charge in [0.25, 0.3) is 0 Å². The van der Waals surface area contributed by atoms with Crippen LogP contribution in [-0.4, -0.2) is 12.8 Å². The van der Waals surface area contributed by atoms with Gasteiger partial charge in [-0.3, -0.25) is 0 Å². The van der Waals surface area contributed by atoms with E-state index in [1.165, 1.54) is 0 Å². The van der Waals surface area contributed by atoms with E-state index < -0.39 is 0 Å². The molecule has 0 aliphatic carbocycles. The molecule has 0 aromatic carbocycles. The van der Waals surface area contributed by atoms with Crippen LogP contribution >= 0.6 is 0 Å². The number of hydrogen-bond donors (Lipinski definition) is 2. The second-order valence-corrected chi connectivity index (χ2v) is 4.19. The Bertz CT molecular complexity index is 502. The predicted molar refractivity (Wildman–Crippen MR) is 88.3 cm³/mol. The first kappa shape index (κ1) is 15.8. The fourth-order valence-corrected chi connectivity index (χ4v) is 1.85. The van der Waals surface area contributed by atoms with Gasteiger partial charge in [0.1, 0.15) is 5.82 Å². The van der Waals surface area contributed by atoms with Crippen LogP contribution < -0.4 is 10.6 Å². The molecule has 106 valence electrons. The maximum atomic E-state index is 4.42. The van der Waals surface area contributed by atoms with Gasteiger partial charge in [0.05, 0.1) is 11.4 Å². The standard InChI is InChI=1S/C17H23N3/c1-5-9-11-16-15(10-6-2)19-13-12-14(7-3)17(20-16)18-8-4/h5-11,19-20H,2-3,12-13H2,1,4H3/b9-5-,15-10?,16-11+,17-14-,18-8-. The molecule has 3 nitrogen and oxygen atoms in total. The van der Waals surface area contributed by atoms with Gasteiger partial charge in [0.15, 0.2) is 0 Å². The molecule has 0 bridgehead atoms. The van der Waals surface area contributed by atoms with Crippen LogP contribution in [0, 0.1) is 0 Å². The molecule has 0 spiro atoms. The van der Waals surface area contributed by atoms with Crippen molar-refractivity contribution >= 4 is 6.21 Å². The Balaban J connectivity index is 3.27. The quantitative estimate of drug-likeness (QED) is 0.765. The Morgan fingerprint density at radius 2 is 1.95 bits per heavy atom. The molecular weight excluding hydrogens is 246 g/mol. The number of allylic oxidation sites excluding steroid dienone is 6. The minimum absolute atomic E-state index is 0.832. The van der Waals surface area contributed by atoms with Crippen LogP contribution in [0.5, 0.6) is 0 Å². The highest BCUT2D eigenvalue weighted by molar-refractivity contribution is 5.56. The lowest BCUT2D eigenvalue weighted by Crippen LogP contribution is -2.27. The van der Waals surface area contributed by atoms with E-state index in [0.717, 1.165) is 35.8 Å². The molecule has 0 aromatic rings. The summed E-state index contributed by atoms with van der Waals surface area (Å²) in [5.41, 5.74) is 3.06. The van der Waals surface area contributed by atoms with Crippen molar-refractivity contribution < 1.29 is 0 Å². The highest BCUT2D eigenvalue weighted by Gasteiger charge is 2.12. The van der Waals surface area contributed by atoms with E-state index >= 15 is 0 Å². The number of hydrogen-bond acceptors (Lipinski definition) is 3. The molecule has 3 heteroatoms. The summed E-state index contributed by atoms with van der Waals surface area (Å²) < 4.78 is 0. The van der Waals surface area contributed by atoms with Crippen LogP contribution in [0.15, 0.2) is 77.4 Å². The lowest BCUT2D eigenvalue weighted by Gasteiger charge is -2.21. The lowest BCUT2D eigenvalue weighted by molar-refractivity contribution is 0.738. The first-order valence-electron chi connectivity index (χ1n) is 6.78. The first-order chi connectivity index (χ1) is 9.76. The molecule has 0 fully saturated rings. The van der Waals surface area contributed by atoms with Crippen LogP contribution in [0.1, 0.15) is 20.3 Å². The normalized spacial score (nSPS) is 24.5. The van der Waals surface area contributed by atoms with Crippen molar-refractivity contribution in [3.05, 3.63) is 72.4 Å². The van der Waals surface area contributed by atoms with Crippen molar-refractivity contribution in [2.75, 3.05) is 6.54 Å². The fraction of sp³-hybridized carbons (Fsp3) is 0.235. The highest BCUT2D eigenvalue weighted by Crippen LogP contribution is 2.17. The van der Waals surface area contributed by atoms with Crippen molar-refractivity contribution in [2.24, 2.45) is 4.99 Å². The molecule has 20 heavy (non-hydrogen) atoms. The summed E-state index contributed by atoms with van der Waals surface area (Å²) in [5, 5.41) is 6.77. The minimum Gasteiger partial charge on any atom is -0.383 e. The van der Waals surface area contributed by atoms with E-state index in [4.69, 9.17) is 0 Å². The topological polar surface area (TPSA) is 36.4 Å². The van der Waals surface area contributed by atoms with Gasteiger partial charge in [-0.1, -0.05) is 37.5 Å². The van der Waals surface area contributed by atoms with Gasteiger partial charge in [-0.05, 0) is 38.0 Å². The SMILES string of the molecule is C=CC=C1NCC/C(C=C)=C(/N=C\C)N/C1=C/C=C\C. The Morgan fingerprint density at radius 1 is 1.15 bits per heavy atom. The molecular formula is C17H23N3. The molecule has 0 unspecified atom stereocenters. The summed E-state index contributed by atoms with van der Waals surface area (Å²) in [6.07, 6.45) is 14.2. The van der Waals surface area contributed by atoms with Crippen molar-refractivity contribution in [1.29, 1.82) is 0 Å². The number of nitrogens with zero attached hydrogens (tertiary/aromatic N) is 1. The second kappa shape index (κ2) is 8.75. The van der Waals surface area contributed by atoms with Gasteiger partial charge in [0, 0.05) is 12.8 Å². The summed E-state index contributed by atoms with van der Waals surface area (Å²) in [6.45, 7) is 12.4. The molecule has 1 aliphatic rings. The van der Waals surface area contributed by atoms with Crippen molar-refractivity contribution in [3.8, 4) is 0 Å². The summed E-state index contributed by atoms with van der Waals surface area (Å²) in [5.74, 6) is 0.842. The third kappa shape index (κ3) is 4.43. The van der Waals surface area contributed by atoms with E-state index in [1.807, 2.05) is 44.2 Å². The third-order valence-corrected chi connectivity index (χ3v) is 2.80. The van der Waals surface area contributed by atoms with E-state index in [0.29, 0.717) is 0 Å². The Morgan fingerprint density at radius 3 is 2.55 bits per heavy atom. The number of nitrogens with one attached hydrogen (secondary N) is 2. The highest BCUT2D eigenvalue weighted by atomic mass is 15.1. The molecule has 0 aromatic heterocycles. The first-order valence-corrected chi connectivity index (χ1v) is 6.78. The Labute approximate surface area is 121 Å². The maximum absolute atomic E-state index is 4.42. The summed E-state index contributed by atoms with van der Waals surface area (Å²) in [4.78, 5) is 4.42. The minimum atomic E-state index is 0.832. The number of aliphatic imine (C=N–C) groups is 1. The fourth-order valence-electron chi connectivity index (χ4n) is 1.85.